The Morgan fingerprint density at radius 1 is 0.789 bits per heavy atom. The SMILES string of the molecule is CCCCCCC=CC(=O)C=CCCCCCC=O. The van der Waals surface area contributed by atoms with Crippen LogP contribution in [0.5, 0.6) is 0 Å². The van der Waals surface area contributed by atoms with Crippen molar-refractivity contribution in [2.24, 2.45) is 0 Å². The zero-order chi connectivity index (χ0) is 14.2. The number of hydrogen-bond acceptors (Lipinski definition) is 2. The molecule has 0 unspecified atom stereocenters. The quantitative estimate of drug-likeness (QED) is 0.272. The van der Waals surface area contributed by atoms with Crippen LogP contribution in [-0.4, -0.2) is 12.1 Å². The molecule has 19 heavy (non-hydrogen) atoms. The Labute approximate surface area is 118 Å². The van der Waals surface area contributed by atoms with Gasteiger partial charge >= 0.3 is 0 Å². The maximum absolute atomic E-state index is 11.4. The monoisotopic (exact) mass is 264 g/mol. The molecular weight excluding hydrogens is 236 g/mol. The lowest BCUT2D eigenvalue weighted by Crippen LogP contribution is -1.85. The van der Waals surface area contributed by atoms with Gasteiger partial charge in [0.1, 0.15) is 6.29 Å². The van der Waals surface area contributed by atoms with E-state index in [1.165, 1.54) is 25.7 Å². The van der Waals surface area contributed by atoms with Crippen molar-refractivity contribution in [2.45, 2.75) is 71.1 Å². The van der Waals surface area contributed by atoms with E-state index in [-0.39, 0.29) is 5.78 Å². The van der Waals surface area contributed by atoms with Crippen molar-refractivity contribution in [3.8, 4) is 0 Å². The highest BCUT2D eigenvalue weighted by atomic mass is 16.1. The predicted molar refractivity (Wildman–Crippen MR) is 81.2 cm³/mol. The van der Waals surface area contributed by atoms with Crippen molar-refractivity contribution in [1.29, 1.82) is 0 Å². The number of carbonyl (C=O) groups is 2. The van der Waals surface area contributed by atoms with Gasteiger partial charge in [0.25, 0.3) is 0 Å². The molecule has 0 rings (SSSR count). The van der Waals surface area contributed by atoms with E-state index in [1.807, 2.05) is 12.2 Å². The number of rotatable bonds is 13. The fraction of sp³-hybridized carbons (Fsp3) is 0.647. The van der Waals surface area contributed by atoms with Gasteiger partial charge in [-0.15, -0.1) is 0 Å². The van der Waals surface area contributed by atoms with Crippen molar-refractivity contribution in [1.82, 2.24) is 0 Å². The lowest BCUT2D eigenvalue weighted by Gasteiger charge is -1.94. The van der Waals surface area contributed by atoms with Crippen LogP contribution in [-0.2, 0) is 9.59 Å². The molecule has 0 aromatic heterocycles. The number of aldehydes is 1. The summed E-state index contributed by atoms with van der Waals surface area (Å²) in [5.41, 5.74) is 0. The van der Waals surface area contributed by atoms with Crippen LogP contribution < -0.4 is 0 Å². The van der Waals surface area contributed by atoms with Crippen LogP contribution in [0.25, 0.3) is 0 Å². The van der Waals surface area contributed by atoms with Crippen LogP contribution in [0.3, 0.4) is 0 Å². The number of hydrogen-bond donors (Lipinski definition) is 0. The Bertz CT molecular complexity index is 277. The predicted octanol–water partition coefficient (Wildman–Crippen LogP) is 4.79. The summed E-state index contributed by atoms with van der Waals surface area (Å²) in [7, 11) is 0. The number of unbranched alkanes of at least 4 members (excludes halogenated alkanes) is 8. The molecule has 0 radical (unpaired) electrons. The zero-order valence-corrected chi connectivity index (χ0v) is 12.3. The third-order valence-electron chi connectivity index (χ3n) is 2.98. The Hall–Kier alpha value is -1.18. The number of carbonyl (C=O) groups excluding carboxylic acids is 2. The molecule has 0 saturated heterocycles. The zero-order valence-electron chi connectivity index (χ0n) is 12.3. The molecule has 2 heteroatoms. The Morgan fingerprint density at radius 2 is 1.32 bits per heavy atom. The topological polar surface area (TPSA) is 34.1 Å². The van der Waals surface area contributed by atoms with Crippen molar-refractivity contribution in [3.05, 3.63) is 24.3 Å². The maximum atomic E-state index is 11.4. The second kappa shape index (κ2) is 14.9. The van der Waals surface area contributed by atoms with Crippen molar-refractivity contribution in [3.63, 3.8) is 0 Å². The summed E-state index contributed by atoms with van der Waals surface area (Å²) >= 11 is 0. The van der Waals surface area contributed by atoms with Gasteiger partial charge in [-0.2, -0.15) is 0 Å². The first-order chi connectivity index (χ1) is 9.31. The molecule has 2 nitrogen and oxygen atoms in total. The Kier molecular flexibility index (Phi) is 14.0. The van der Waals surface area contributed by atoms with E-state index in [0.29, 0.717) is 6.42 Å². The van der Waals surface area contributed by atoms with Crippen LogP contribution in [0.15, 0.2) is 24.3 Å². The van der Waals surface area contributed by atoms with Gasteiger partial charge in [0.15, 0.2) is 5.78 Å². The van der Waals surface area contributed by atoms with E-state index in [1.54, 1.807) is 12.2 Å². The smallest absolute Gasteiger partial charge is 0.177 e. The highest BCUT2D eigenvalue weighted by Gasteiger charge is 1.90. The van der Waals surface area contributed by atoms with E-state index in [0.717, 1.165) is 38.4 Å². The average molecular weight is 264 g/mol. The lowest BCUT2D eigenvalue weighted by atomic mass is 10.1. The van der Waals surface area contributed by atoms with Gasteiger partial charge in [-0.3, -0.25) is 4.79 Å². The van der Waals surface area contributed by atoms with Gasteiger partial charge in [-0.1, -0.05) is 44.8 Å². The molecule has 0 aromatic carbocycles. The molecule has 0 atom stereocenters. The summed E-state index contributed by atoms with van der Waals surface area (Å²) in [6.07, 6.45) is 18.8. The van der Waals surface area contributed by atoms with Gasteiger partial charge < -0.3 is 4.79 Å². The molecule has 0 aliphatic heterocycles. The molecule has 0 saturated carbocycles. The van der Waals surface area contributed by atoms with Gasteiger partial charge in [0.2, 0.25) is 0 Å². The third-order valence-corrected chi connectivity index (χ3v) is 2.98. The first kappa shape index (κ1) is 17.8. The van der Waals surface area contributed by atoms with Crippen molar-refractivity contribution >= 4 is 12.1 Å². The first-order valence-corrected chi connectivity index (χ1v) is 7.62. The normalized spacial score (nSPS) is 11.4. The molecule has 0 heterocycles. The van der Waals surface area contributed by atoms with E-state index < -0.39 is 0 Å². The minimum absolute atomic E-state index is 0.0865. The van der Waals surface area contributed by atoms with Crippen molar-refractivity contribution in [2.75, 3.05) is 0 Å². The highest BCUT2D eigenvalue weighted by Crippen LogP contribution is 2.04. The molecule has 108 valence electrons. The van der Waals surface area contributed by atoms with Crippen LogP contribution in [0.2, 0.25) is 0 Å². The molecule has 0 bridgehead atoms. The standard InChI is InChI=1S/C17H28O2/c1-2-3-4-5-8-11-14-17(19)15-12-9-6-7-10-13-16-18/h11-12,14-16H,2-10,13H2,1H3. The molecule has 0 amide bonds. The summed E-state index contributed by atoms with van der Waals surface area (Å²) in [4.78, 5) is 21.5. The summed E-state index contributed by atoms with van der Waals surface area (Å²) < 4.78 is 0. The first-order valence-electron chi connectivity index (χ1n) is 7.62. The number of ketones is 1. The molecule has 0 aromatic rings. The lowest BCUT2D eigenvalue weighted by molar-refractivity contribution is -0.110. The fourth-order valence-corrected chi connectivity index (χ4v) is 1.81. The van der Waals surface area contributed by atoms with Gasteiger partial charge in [0.05, 0.1) is 0 Å². The van der Waals surface area contributed by atoms with Crippen LogP contribution in [0, 0.1) is 0 Å². The molecular formula is C17H28O2. The molecule has 0 aliphatic rings. The van der Waals surface area contributed by atoms with E-state index in [9.17, 15) is 9.59 Å². The van der Waals surface area contributed by atoms with Crippen LogP contribution >= 0.6 is 0 Å². The number of allylic oxidation sites excluding steroid dienone is 4. The van der Waals surface area contributed by atoms with Gasteiger partial charge in [-0.25, -0.2) is 0 Å². The maximum Gasteiger partial charge on any atom is 0.177 e. The largest absolute Gasteiger partial charge is 0.303 e. The van der Waals surface area contributed by atoms with Crippen LogP contribution in [0.1, 0.15) is 71.1 Å². The van der Waals surface area contributed by atoms with Gasteiger partial charge in [-0.05, 0) is 44.3 Å². The summed E-state index contributed by atoms with van der Waals surface area (Å²) in [5.74, 6) is 0.0865. The van der Waals surface area contributed by atoms with Crippen molar-refractivity contribution < 1.29 is 9.59 Å². The third kappa shape index (κ3) is 14.8. The van der Waals surface area contributed by atoms with Crippen LogP contribution in [0.4, 0.5) is 0 Å². The molecule has 0 fully saturated rings. The second-order valence-corrected chi connectivity index (χ2v) is 4.86. The molecule has 0 aliphatic carbocycles. The summed E-state index contributed by atoms with van der Waals surface area (Å²) in [5, 5.41) is 0. The van der Waals surface area contributed by atoms with Gasteiger partial charge in [0, 0.05) is 6.42 Å². The van der Waals surface area contributed by atoms with E-state index >= 15 is 0 Å². The second-order valence-electron chi connectivity index (χ2n) is 4.86. The summed E-state index contributed by atoms with van der Waals surface area (Å²) in [6.45, 7) is 2.20. The molecule has 0 N–H and O–H groups in total. The minimum atomic E-state index is 0.0865. The van der Waals surface area contributed by atoms with E-state index in [2.05, 4.69) is 6.92 Å². The molecule has 0 spiro atoms. The fourth-order valence-electron chi connectivity index (χ4n) is 1.81. The minimum Gasteiger partial charge on any atom is -0.303 e. The average Bonchev–Trinajstić information content (AvgIpc) is 2.41. The highest BCUT2D eigenvalue weighted by molar-refractivity contribution is 5.99. The Balaban J connectivity index is 3.45. The summed E-state index contributed by atoms with van der Waals surface area (Å²) in [6, 6.07) is 0. The van der Waals surface area contributed by atoms with E-state index in [4.69, 9.17) is 0 Å². The Morgan fingerprint density at radius 3 is 1.84 bits per heavy atom.